The van der Waals surface area contributed by atoms with E-state index in [0.717, 1.165) is 11.1 Å². The van der Waals surface area contributed by atoms with Crippen molar-refractivity contribution in [3.05, 3.63) is 102 Å². The normalized spacial score (nSPS) is 11.4. The van der Waals surface area contributed by atoms with Gasteiger partial charge in [-0.2, -0.15) is 4.98 Å². The third kappa shape index (κ3) is 5.70. The number of aromatic nitrogens is 3. The molecule has 0 saturated heterocycles. The number of anilines is 1. The smallest absolute Gasteiger partial charge is 0.249 e. The highest BCUT2D eigenvalue weighted by atomic mass is 19.1. The Morgan fingerprint density at radius 3 is 2.15 bits per heavy atom. The molecule has 0 aliphatic carbocycles. The summed E-state index contributed by atoms with van der Waals surface area (Å²) in [5.41, 5.74) is 1.98. The number of halogens is 1. The standard InChI is InChI=1S/C26H26FN5O/c1-26(2,28-17-19-9-5-3-6-10-19)24(33)30-25-29-23(21-13-15-22(27)16-14-21)32(31-25)18-20-11-7-4-8-12-20/h3-16,28H,17-18H2,1-2H3,(H,30,31,33). The molecule has 168 valence electrons. The summed E-state index contributed by atoms with van der Waals surface area (Å²) in [4.78, 5) is 17.6. The van der Waals surface area contributed by atoms with Crippen molar-refractivity contribution in [2.75, 3.05) is 5.32 Å². The number of nitrogens with zero attached hydrogens (tertiary/aromatic N) is 3. The molecule has 0 aliphatic heterocycles. The molecule has 0 atom stereocenters. The molecule has 1 aromatic heterocycles. The molecule has 0 fully saturated rings. The molecule has 3 aromatic carbocycles. The molecule has 1 heterocycles. The zero-order valence-corrected chi connectivity index (χ0v) is 18.6. The number of hydrogen-bond donors (Lipinski definition) is 2. The van der Waals surface area contributed by atoms with Gasteiger partial charge in [0, 0.05) is 12.1 Å². The van der Waals surface area contributed by atoms with Gasteiger partial charge in [-0.3, -0.25) is 15.4 Å². The lowest BCUT2D eigenvalue weighted by Crippen LogP contribution is -2.49. The molecule has 0 saturated carbocycles. The molecule has 4 rings (SSSR count). The van der Waals surface area contributed by atoms with Crippen molar-refractivity contribution in [3.8, 4) is 11.4 Å². The minimum atomic E-state index is -0.850. The highest BCUT2D eigenvalue weighted by Crippen LogP contribution is 2.21. The molecule has 1 amide bonds. The number of benzene rings is 3. The Labute approximate surface area is 192 Å². The van der Waals surface area contributed by atoms with Crippen LogP contribution < -0.4 is 10.6 Å². The summed E-state index contributed by atoms with van der Waals surface area (Å²) in [6.45, 7) is 4.64. The van der Waals surface area contributed by atoms with Gasteiger partial charge in [-0.05, 0) is 49.2 Å². The Hall–Kier alpha value is -3.84. The Bertz CT molecular complexity index is 1200. The third-order valence-electron chi connectivity index (χ3n) is 5.32. The minimum absolute atomic E-state index is 0.199. The van der Waals surface area contributed by atoms with Gasteiger partial charge in [0.25, 0.3) is 0 Å². The molecule has 0 aliphatic rings. The van der Waals surface area contributed by atoms with Crippen LogP contribution in [0.5, 0.6) is 0 Å². The first-order valence-corrected chi connectivity index (χ1v) is 10.8. The van der Waals surface area contributed by atoms with Gasteiger partial charge >= 0.3 is 0 Å². The second-order valence-corrected chi connectivity index (χ2v) is 8.33. The minimum Gasteiger partial charge on any atom is -0.300 e. The van der Waals surface area contributed by atoms with Gasteiger partial charge in [0.2, 0.25) is 11.9 Å². The Morgan fingerprint density at radius 2 is 1.52 bits per heavy atom. The predicted octanol–water partition coefficient (Wildman–Crippen LogP) is 4.64. The zero-order chi connectivity index (χ0) is 23.3. The van der Waals surface area contributed by atoms with Crippen molar-refractivity contribution < 1.29 is 9.18 Å². The average molecular weight is 444 g/mol. The van der Waals surface area contributed by atoms with Gasteiger partial charge in [0.15, 0.2) is 5.82 Å². The number of carbonyl (C=O) groups is 1. The fraction of sp³-hybridized carbons (Fsp3) is 0.192. The van der Waals surface area contributed by atoms with Gasteiger partial charge in [0.05, 0.1) is 12.1 Å². The van der Waals surface area contributed by atoms with E-state index in [9.17, 15) is 9.18 Å². The van der Waals surface area contributed by atoms with Crippen LogP contribution in [-0.4, -0.2) is 26.2 Å². The fourth-order valence-electron chi connectivity index (χ4n) is 3.33. The third-order valence-corrected chi connectivity index (χ3v) is 5.32. The van der Waals surface area contributed by atoms with E-state index in [4.69, 9.17) is 0 Å². The maximum absolute atomic E-state index is 13.4. The largest absolute Gasteiger partial charge is 0.300 e. The van der Waals surface area contributed by atoms with Crippen LogP contribution in [0.3, 0.4) is 0 Å². The van der Waals surface area contributed by atoms with Crippen molar-refractivity contribution in [3.63, 3.8) is 0 Å². The molecule has 0 radical (unpaired) electrons. The van der Waals surface area contributed by atoms with Crippen molar-refractivity contribution in [2.45, 2.75) is 32.5 Å². The van der Waals surface area contributed by atoms with E-state index >= 15 is 0 Å². The van der Waals surface area contributed by atoms with E-state index in [2.05, 4.69) is 20.7 Å². The van der Waals surface area contributed by atoms with Crippen LogP contribution in [0.25, 0.3) is 11.4 Å². The lowest BCUT2D eigenvalue weighted by atomic mass is 10.0. The SMILES string of the molecule is CC(C)(NCc1ccccc1)C(=O)Nc1nc(-c2ccc(F)cc2)n(Cc2ccccc2)n1. The predicted molar refractivity (Wildman–Crippen MR) is 127 cm³/mol. The van der Waals surface area contributed by atoms with Gasteiger partial charge in [-0.15, -0.1) is 5.10 Å². The van der Waals surface area contributed by atoms with Crippen LogP contribution in [0.2, 0.25) is 0 Å². The monoisotopic (exact) mass is 443 g/mol. The Morgan fingerprint density at radius 1 is 0.909 bits per heavy atom. The molecule has 0 unspecified atom stereocenters. The van der Waals surface area contributed by atoms with E-state index in [-0.39, 0.29) is 17.7 Å². The van der Waals surface area contributed by atoms with Crippen molar-refractivity contribution in [1.82, 2.24) is 20.1 Å². The van der Waals surface area contributed by atoms with Gasteiger partial charge in [-0.1, -0.05) is 60.7 Å². The first-order valence-electron chi connectivity index (χ1n) is 10.8. The summed E-state index contributed by atoms with van der Waals surface area (Å²) in [5.74, 6) is 0.169. The van der Waals surface area contributed by atoms with Crippen molar-refractivity contribution >= 4 is 11.9 Å². The maximum Gasteiger partial charge on any atom is 0.249 e. The summed E-state index contributed by atoms with van der Waals surface area (Å²) in [6, 6.07) is 25.8. The van der Waals surface area contributed by atoms with Crippen LogP contribution in [0.1, 0.15) is 25.0 Å². The second kappa shape index (κ2) is 9.75. The summed E-state index contributed by atoms with van der Waals surface area (Å²) in [7, 11) is 0. The Balaban J connectivity index is 1.54. The van der Waals surface area contributed by atoms with E-state index < -0.39 is 5.54 Å². The van der Waals surface area contributed by atoms with E-state index in [1.807, 2.05) is 74.5 Å². The molecule has 7 heteroatoms. The van der Waals surface area contributed by atoms with Gasteiger partial charge in [0.1, 0.15) is 5.82 Å². The molecule has 4 aromatic rings. The van der Waals surface area contributed by atoms with Crippen molar-refractivity contribution in [1.29, 1.82) is 0 Å². The molecule has 2 N–H and O–H groups in total. The lowest BCUT2D eigenvalue weighted by molar-refractivity contribution is -0.121. The maximum atomic E-state index is 13.4. The highest BCUT2D eigenvalue weighted by molar-refractivity contribution is 5.96. The Kier molecular flexibility index (Phi) is 6.60. The number of rotatable bonds is 8. The second-order valence-electron chi connectivity index (χ2n) is 8.33. The van der Waals surface area contributed by atoms with Crippen LogP contribution in [0.15, 0.2) is 84.9 Å². The van der Waals surface area contributed by atoms with Crippen LogP contribution in [-0.2, 0) is 17.9 Å². The molecule has 0 spiro atoms. The zero-order valence-electron chi connectivity index (χ0n) is 18.6. The summed E-state index contributed by atoms with van der Waals surface area (Å²) in [5, 5.41) is 10.6. The van der Waals surface area contributed by atoms with Crippen LogP contribution in [0, 0.1) is 5.82 Å². The first-order chi connectivity index (χ1) is 15.9. The van der Waals surface area contributed by atoms with Gasteiger partial charge in [-0.25, -0.2) is 9.07 Å². The quantitative estimate of drug-likeness (QED) is 0.416. The van der Waals surface area contributed by atoms with E-state index in [1.54, 1.807) is 16.8 Å². The molecule has 0 bridgehead atoms. The van der Waals surface area contributed by atoms with E-state index in [1.165, 1.54) is 12.1 Å². The number of amides is 1. The van der Waals surface area contributed by atoms with Crippen molar-refractivity contribution in [2.24, 2.45) is 0 Å². The average Bonchev–Trinajstić information content (AvgIpc) is 3.21. The van der Waals surface area contributed by atoms with Crippen LogP contribution in [0.4, 0.5) is 10.3 Å². The van der Waals surface area contributed by atoms with E-state index in [0.29, 0.717) is 24.5 Å². The number of nitrogens with one attached hydrogen (secondary N) is 2. The molecular formula is C26H26FN5O. The summed E-state index contributed by atoms with van der Waals surface area (Å²) in [6.07, 6.45) is 0. The number of carbonyl (C=O) groups excluding carboxylic acids is 1. The first kappa shape index (κ1) is 22.4. The molecule has 33 heavy (non-hydrogen) atoms. The number of hydrogen-bond acceptors (Lipinski definition) is 4. The van der Waals surface area contributed by atoms with Crippen LogP contribution >= 0.6 is 0 Å². The lowest BCUT2D eigenvalue weighted by Gasteiger charge is -2.24. The molecule has 6 nitrogen and oxygen atoms in total. The highest BCUT2D eigenvalue weighted by Gasteiger charge is 2.28. The van der Waals surface area contributed by atoms with Gasteiger partial charge < -0.3 is 0 Å². The molecular weight excluding hydrogens is 417 g/mol. The summed E-state index contributed by atoms with van der Waals surface area (Å²) < 4.78 is 15.2. The topological polar surface area (TPSA) is 71.8 Å². The summed E-state index contributed by atoms with van der Waals surface area (Å²) >= 11 is 0. The fourth-order valence-corrected chi connectivity index (χ4v) is 3.33.